The van der Waals surface area contributed by atoms with Crippen molar-refractivity contribution in [1.29, 1.82) is 5.26 Å². The van der Waals surface area contributed by atoms with Gasteiger partial charge in [-0.1, -0.05) is 30.3 Å². The fourth-order valence-corrected chi connectivity index (χ4v) is 3.26. The van der Waals surface area contributed by atoms with E-state index in [0.29, 0.717) is 25.8 Å². The fraction of sp³-hybridized carbons (Fsp3) is 0.476. The van der Waals surface area contributed by atoms with Crippen LogP contribution < -0.4 is 5.32 Å². The van der Waals surface area contributed by atoms with Crippen molar-refractivity contribution in [3.8, 4) is 6.07 Å². The van der Waals surface area contributed by atoms with Crippen LogP contribution in [0.2, 0.25) is 0 Å². The van der Waals surface area contributed by atoms with Crippen molar-refractivity contribution < 1.29 is 4.79 Å². The summed E-state index contributed by atoms with van der Waals surface area (Å²) < 4.78 is 1.87. The standard InChI is InChI=1S/C21H29N5O/c1-16-19(17(2)26(24-16)14-8-13-22)11-12-21(27)23-20(15-25(3)4)18-9-6-5-7-10-18/h5-7,9-10,20H,8,11-12,14-15H2,1-4H3,(H,23,27). The zero-order valence-electron chi connectivity index (χ0n) is 16.7. The fourth-order valence-electron chi connectivity index (χ4n) is 3.26. The summed E-state index contributed by atoms with van der Waals surface area (Å²) in [5.74, 6) is 0.0364. The van der Waals surface area contributed by atoms with Crippen LogP contribution in [0.4, 0.5) is 0 Å². The first-order valence-corrected chi connectivity index (χ1v) is 9.31. The minimum absolute atomic E-state index is 0.0331. The average Bonchev–Trinajstić information content (AvgIpc) is 2.91. The maximum absolute atomic E-state index is 12.6. The number of aromatic nitrogens is 2. The lowest BCUT2D eigenvalue weighted by atomic mass is 10.0. The van der Waals surface area contributed by atoms with Crippen LogP contribution >= 0.6 is 0 Å². The maximum Gasteiger partial charge on any atom is 0.220 e. The Morgan fingerprint density at radius 1 is 1.30 bits per heavy atom. The molecule has 1 amide bonds. The van der Waals surface area contributed by atoms with Gasteiger partial charge in [-0.15, -0.1) is 0 Å². The molecule has 0 aliphatic carbocycles. The van der Waals surface area contributed by atoms with E-state index in [0.717, 1.165) is 29.1 Å². The molecule has 0 fully saturated rings. The summed E-state index contributed by atoms with van der Waals surface area (Å²) in [6.07, 6.45) is 1.51. The summed E-state index contributed by atoms with van der Waals surface area (Å²) in [4.78, 5) is 14.7. The van der Waals surface area contributed by atoms with Crippen molar-refractivity contribution >= 4 is 5.91 Å². The summed E-state index contributed by atoms with van der Waals surface area (Å²) in [6, 6.07) is 12.2. The molecule has 1 aromatic heterocycles. The quantitative estimate of drug-likeness (QED) is 0.739. The highest BCUT2D eigenvalue weighted by atomic mass is 16.1. The molecule has 1 atom stereocenters. The molecule has 0 spiro atoms. The topological polar surface area (TPSA) is 73.9 Å². The molecule has 0 aliphatic heterocycles. The normalized spacial score (nSPS) is 12.0. The van der Waals surface area contributed by atoms with Gasteiger partial charge in [-0.2, -0.15) is 10.4 Å². The van der Waals surface area contributed by atoms with Crippen molar-refractivity contribution in [2.45, 2.75) is 45.7 Å². The van der Waals surface area contributed by atoms with Crippen LogP contribution in [0.5, 0.6) is 0 Å². The van der Waals surface area contributed by atoms with E-state index in [9.17, 15) is 4.79 Å². The van der Waals surface area contributed by atoms with Crippen molar-refractivity contribution in [2.24, 2.45) is 0 Å². The maximum atomic E-state index is 12.6. The number of aryl methyl sites for hydroxylation is 2. The second-order valence-corrected chi connectivity index (χ2v) is 7.07. The number of nitriles is 1. The van der Waals surface area contributed by atoms with E-state index in [2.05, 4.69) is 21.4 Å². The van der Waals surface area contributed by atoms with Gasteiger partial charge in [0.25, 0.3) is 0 Å². The van der Waals surface area contributed by atoms with Crippen LogP contribution in [0, 0.1) is 25.2 Å². The molecule has 6 heteroatoms. The van der Waals surface area contributed by atoms with Crippen LogP contribution in [0.1, 0.15) is 41.4 Å². The van der Waals surface area contributed by atoms with Crippen molar-refractivity contribution in [1.82, 2.24) is 20.0 Å². The number of hydrogen-bond donors (Lipinski definition) is 1. The Morgan fingerprint density at radius 2 is 2.00 bits per heavy atom. The number of benzene rings is 1. The summed E-state index contributed by atoms with van der Waals surface area (Å²) >= 11 is 0. The molecule has 0 aliphatic rings. The lowest BCUT2D eigenvalue weighted by Crippen LogP contribution is -2.35. The van der Waals surface area contributed by atoms with E-state index in [1.165, 1.54) is 0 Å². The zero-order valence-corrected chi connectivity index (χ0v) is 16.7. The zero-order chi connectivity index (χ0) is 19.8. The van der Waals surface area contributed by atoms with E-state index in [-0.39, 0.29) is 11.9 Å². The molecular formula is C21H29N5O. The van der Waals surface area contributed by atoms with Gasteiger partial charge in [-0.25, -0.2) is 0 Å². The average molecular weight is 367 g/mol. The number of hydrogen-bond acceptors (Lipinski definition) is 4. The minimum Gasteiger partial charge on any atom is -0.348 e. The monoisotopic (exact) mass is 367 g/mol. The molecule has 0 saturated heterocycles. The third-order valence-corrected chi connectivity index (χ3v) is 4.65. The molecular weight excluding hydrogens is 338 g/mol. The van der Waals surface area contributed by atoms with Crippen LogP contribution in [-0.2, 0) is 17.8 Å². The van der Waals surface area contributed by atoms with E-state index >= 15 is 0 Å². The van der Waals surface area contributed by atoms with E-state index in [4.69, 9.17) is 5.26 Å². The van der Waals surface area contributed by atoms with Crippen LogP contribution in [0.15, 0.2) is 30.3 Å². The molecule has 27 heavy (non-hydrogen) atoms. The van der Waals surface area contributed by atoms with Gasteiger partial charge >= 0.3 is 0 Å². The molecule has 2 aromatic rings. The molecule has 1 aromatic carbocycles. The van der Waals surface area contributed by atoms with E-state index in [1.807, 2.05) is 63.0 Å². The molecule has 0 saturated carbocycles. The van der Waals surface area contributed by atoms with Gasteiger partial charge < -0.3 is 10.2 Å². The summed E-state index contributed by atoms with van der Waals surface area (Å²) in [6.45, 7) is 5.31. The Balaban J connectivity index is 2.00. The number of carbonyl (C=O) groups excluding carboxylic acids is 1. The molecule has 1 unspecified atom stereocenters. The predicted octanol–water partition coefficient (Wildman–Crippen LogP) is 2.77. The van der Waals surface area contributed by atoms with Crippen molar-refractivity contribution in [3.05, 3.63) is 52.8 Å². The third-order valence-electron chi connectivity index (χ3n) is 4.65. The van der Waals surface area contributed by atoms with E-state index < -0.39 is 0 Å². The molecule has 1 heterocycles. The number of rotatable bonds is 9. The van der Waals surface area contributed by atoms with E-state index in [1.54, 1.807) is 0 Å². The first-order chi connectivity index (χ1) is 12.9. The third kappa shape index (κ3) is 5.93. The largest absolute Gasteiger partial charge is 0.348 e. The van der Waals surface area contributed by atoms with Gasteiger partial charge in [-0.05, 0) is 45.5 Å². The first-order valence-electron chi connectivity index (χ1n) is 9.31. The van der Waals surface area contributed by atoms with Crippen molar-refractivity contribution in [2.75, 3.05) is 20.6 Å². The Hall–Kier alpha value is -2.65. The minimum atomic E-state index is -0.0331. The second-order valence-electron chi connectivity index (χ2n) is 7.07. The number of carbonyl (C=O) groups is 1. The van der Waals surface area contributed by atoms with Gasteiger partial charge in [-0.3, -0.25) is 9.48 Å². The van der Waals surface area contributed by atoms with Crippen LogP contribution in [-0.4, -0.2) is 41.2 Å². The predicted molar refractivity (Wildman–Crippen MR) is 106 cm³/mol. The van der Waals surface area contributed by atoms with Crippen molar-refractivity contribution in [3.63, 3.8) is 0 Å². The highest BCUT2D eigenvalue weighted by molar-refractivity contribution is 5.76. The highest BCUT2D eigenvalue weighted by Crippen LogP contribution is 2.17. The van der Waals surface area contributed by atoms with Crippen LogP contribution in [0.3, 0.4) is 0 Å². The summed E-state index contributed by atoms with van der Waals surface area (Å²) in [7, 11) is 4.01. The summed E-state index contributed by atoms with van der Waals surface area (Å²) in [5, 5.41) is 16.4. The molecule has 0 bridgehead atoms. The van der Waals surface area contributed by atoms with Crippen LogP contribution in [0.25, 0.3) is 0 Å². The first kappa shape index (κ1) is 20.7. The Morgan fingerprint density at radius 3 is 2.63 bits per heavy atom. The Kier molecular flexibility index (Phi) is 7.56. The molecule has 2 rings (SSSR count). The van der Waals surface area contributed by atoms with Gasteiger partial charge in [0.15, 0.2) is 0 Å². The highest BCUT2D eigenvalue weighted by Gasteiger charge is 2.17. The lowest BCUT2D eigenvalue weighted by molar-refractivity contribution is -0.121. The van der Waals surface area contributed by atoms with Gasteiger partial charge in [0.2, 0.25) is 5.91 Å². The molecule has 144 valence electrons. The molecule has 1 N–H and O–H groups in total. The molecule has 0 radical (unpaired) electrons. The lowest BCUT2D eigenvalue weighted by Gasteiger charge is -2.23. The number of nitrogens with zero attached hydrogens (tertiary/aromatic N) is 4. The number of amides is 1. The molecule has 6 nitrogen and oxygen atoms in total. The number of likely N-dealkylation sites (N-methyl/N-ethyl adjacent to an activating group) is 1. The van der Waals surface area contributed by atoms with Gasteiger partial charge in [0.1, 0.15) is 0 Å². The summed E-state index contributed by atoms with van der Waals surface area (Å²) in [5.41, 5.74) is 4.19. The van der Waals surface area contributed by atoms with Gasteiger partial charge in [0, 0.05) is 18.7 Å². The van der Waals surface area contributed by atoms with Gasteiger partial charge in [0.05, 0.1) is 30.8 Å². The number of nitrogens with one attached hydrogen (secondary N) is 1. The second kappa shape index (κ2) is 9.89. The SMILES string of the molecule is Cc1nn(CCC#N)c(C)c1CCC(=O)NC(CN(C)C)c1ccccc1. The Labute approximate surface area is 161 Å². The smallest absolute Gasteiger partial charge is 0.220 e. The Bertz CT molecular complexity index is 789.